The van der Waals surface area contributed by atoms with Gasteiger partial charge in [0.25, 0.3) is 0 Å². The van der Waals surface area contributed by atoms with Crippen molar-refractivity contribution in [2.24, 2.45) is 0 Å². The van der Waals surface area contributed by atoms with E-state index in [9.17, 15) is 5.11 Å². The van der Waals surface area contributed by atoms with E-state index in [2.05, 4.69) is 0 Å². The van der Waals surface area contributed by atoms with Gasteiger partial charge in [0.05, 0.1) is 27.9 Å². The smallest absolute Gasteiger partial charge is 0.124 e. The minimum absolute atomic E-state index is 0.0639. The first-order chi connectivity index (χ1) is 10.2. The lowest BCUT2D eigenvalue weighted by Crippen LogP contribution is -2.01. The fourth-order valence-corrected chi connectivity index (χ4v) is 2.37. The van der Waals surface area contributed by atoms with Gasteiger partial charge >= 0.3 is 0 Å². The Balaban J connectivity index is 2.42. The van der Waals surface area contributed by atoms with E-state index in [0.29, 0.717) is 12.2 Å². The summed E-state index contributed by atoms with van der Waals surface area (Å²) in [5, 5.41) is 9.60. The molecule has 2 rings (SSSR count). The molecule has 0 unspecified atom stereocenters. The fourth-order valence-electron chi connectivity index (χ4n) is 2.37. The summed E-state index contributed by atoms with van der Waals surface area (Å²) in [5.74, 6) is 2.26. The maximum absolute atomic E-state index is 9.60. The molecule has 0 spiro atoms. The molecule has 4 nitrogen and oxygen atoms in total. The van der Waals surface area contributed by atoms with Gasteiger partial charge in [0.15, 0.2) is 0 Å². The molecule has 2 aromatic rings. The quantitative estimate of drug-likeness (QED) is 0.888. The topological polar surface area (TPSA) is 47.9 Å². The van der Waals surface area contributed by atoms with E-state index in [4.69, 9.17) is 14.2 Å². The summed E-state index contributed by atoms with van der Waals surface area (Å²) >= 11 is 0. The molecule has 0 saturated heterocycles. The molecule has 0 atom stereocenters. The van der Waals surface area contributed by atoms with Gasteiger partial charge in [-0.2, -0.15) is 0 Å². The van der Waals surface area contributed by atoms with Crippen molar-refractivity contribution in [3.05, 3.63) is 53.1 Å². The second-order valence-electron chi connectivity index (χ2n) is 4.61. The van der Waals surface area contributed by atoms with Crippen LogP contribution in [0.15, 0.2) is 36.4 Å². The standard InChI is InChI=1S/C17H20O4/c1-19-14-7-8-16(20-2)13(10-14)9-12-5-4-6-17(21-3)15(12)11-18/h4-8,10,18H,9,11H2,1-3H3. The maximum atomic E-state index is 9.60. The number of hydrogen-bond acceptors (Lipinski definition) is 4. The average Bonchev–Trinajstić information content (AvgIpc) is 2.54. The monoisotopic (exact) mass is 288 g/mol. The Bertz CT molecular complexity index is 608. The molecule has 2 aromatic carbocycles. The number of hydrogen-bond donors (Lipinski definition) is 1. The highest BCUT2D eigenvalue weighted by Gasteiger charge is 2.12. The Labute approximate surface area is 124 Å². The maximum Gasteiger partial charge on any atom is 0.124 e. The third kappa shape index (κ3) is 3.28. The largest absolute Gasteiger partial charge is 0.497 e. The zero-order valence-corrected chi connectivity index (χ0v) is 12.6. The van der Waals surface area contributed by atoms with Crippen LogP contribution < -0.4 is 14.2 Å². The van der Waals surface area contributed by atoms with Crippen molar-refractivity contribution in [3.8, 4) is 17.2 Å². The van der Waals surface area contributed by atoms with E-state index in [-0.39, 0.29) is 6.61 Å². The lowest BCUT2D eigenvalue weighted by Gasteiger charge is -2.14. The van der Waals surface area contributed by atoms with Gasteiger partial charge in [0.1, 0.15) is 17.2 Å². The minimum atomic E-state index is -0.0639. The van der Waals surface area contributed by atoms with E-state index in [1.807, 2.05) is 36.4 Å². The van der Waals surface area contributed by atoms with Crippen molar-refractivity contribution in [2.75, 3.05) is 21.3 Å². The van der Waals surface area contributed by atoms with Gasteiger partial charge in [0.2, 0.25) is 0 Å². The highest BCUT2D eigenvalue weighted by molar-refractivity contribution is 5.47. The second-order valence-corrected chi connectivity index (χ2v) is 4.61. The fraction of sp³-hybridized carbons (Fsp3) is 0.294. The van der Waals surface area contributed by atoms with E-state index < -0.39 is 0 Å². The molecule has 0 fully saturated rings. The number of rotatable bonds is 6. The number of ether oxygens (including phenoxy) is 3. The molecule has 1 N–H and O–H groups in total. The zero-order valence-electron chi connectivity index (χ0n) is 12.6. The number of aliphatic hydroxyl groups excluding tert-OH is 1. The molecule has 0 aromatic heterocycles. The Morgan fingerprint density at radius 3 is 2.24 bits per heavy atom. The Hall–Kier alpha value is -2.20. The molecular formula is C17H20O4. The summed E-state index contributed by atoms with van der Waals surface area (Å²) in [6.07, 6.45) is 0.632. The Kier molecular flexibility index (Phi) is 5.06. The van der Waals surface area contributed by atoms with Gasteiger partial charge in [-0.15, -0.1) is 0 Å². The third-order valence-electron chi connectivity index (χ3n) is 3.48. The molecular weight excluding hydrogens is 268 g/mol. The average molecular weight is 288 g/mol. The normalized spacial score (nSPS) is 10.3. The van der Waals surface area contributed by atoms with Gasteiger partial charge in [-0.3, -0.25) is 0 Å². The number of methoxy groups -OCH3 is 3. The molecule has 0 bridgehead atoms. The molecule has 0 aliphatic rings. The highest BCUT2D eigenvalue weighted by Crippen LogP contribution is 2.30. The van der Waals surface area contributed by atoms with Gasteiger partial charge in [-0.25, -0.2) is 0 Å². The van der Waals surface area contributed by atoms with Crippen LogP contribution in [-0.4, -0.2) is 26.4 Å². The van der Waals surface area contributed by atoms with Crippen molar-refractivity contribution < 1.29 is 19.3 Å². The van der Waals surface area contributed by atoms with Gasteiger partial charge in [-0.1, -0.05) is 12.1 Å². The Morgan fingerprint density at radius 2 is 1.62 bits per heavy atom. The van der Waals surface area contributed by atoms with Crippen LogP contribution in [0.5, 0.6) is 17.2 Å². The molecule has 0 heterocycles. The number of benzene rings is 2. The summed E-state index contributed by atoms with van der Waals surface area (Å²) in [4.78, 5) is 0. The van der Waals surface area contributed by atoms with Crippen LogP contribution in [0.3, 0.4) is 0 Å². The van der Waals surface area contributed by atoms with Crippen LogP contribution in [0.2, 0.25) is 0 Å². The van der Waals surface area contributed by atoms with Gasteiger partial charge in [-0.05, 0) is 29.8 Å². The molecule has 21 heavy (non-hydrogen) atoms. The molecule has 0 aliphatic carbocycles. The van der Waals surface area contributed by atoms with Crippen LogP contribution in [0.4, 0.5) is 0 Å². The molecule has 0 radical (unpaired) electrons. The SMILES string of the molecule is COc1ccc(OC)c(Cc2cccc(OC)c2CO)c1. The first-order valence-electron chi connectivity index (χ1n) is 6.70. The molecule has 0 amide bonds. The van der Waals surface area contributed by atoms with E-state index in [0.717, 1.165) is 28.2 Å². The van der Waals surface area contributed by atoms with Crippen molar-refractivity contribution in [2.45, 2.75) is 13.0 Å². The van der Waals surface area contributed by atoms with E-state index in [1.54, 1.807) is 21.3 Å². The second kappa shape index (κ2) is 6.99. The van der Waals surface area contributed by atoms with Crippen LogP contribution in [-0.2, 0) is 13.0 Å². The van der Waals surface area contributed by atoms with Crippen LogP contribution >= 0.6 is 0 Å². The first kappa shape index (κ1) is 15.2. The van der Waals surface area contributed by atoms with Gasteiger partial charge in [0, 0.05) is 17.5 Å². The van der Waals surface area contributed by atoms with Crippen molar-refractivity contribution in [1.29, 1.82) is 0 Å². The molecule has 0 aliphatic heterocycles. The summed E-state index contributed by atoms with van der Waals surface area (Å²) in [6.45, 7) is -0.0639. The van der Waals surface area contributed by atoms with Crippen molar-refractivity contribution in [1.82, 2.24) is 0 Å². The first-order valence-corrected chi connectivity index (χ1v) is 6.70. The van der Waals surface area contributed by atoms with Crippen LogP contribution in [0, 0.1) is 0 Å². The molecule has 112 valence electrons. The summed E-state index contributed by atoms with van der Waals surface area (Å²) in [7, 11) is 4.88. The van der Waals surface area contributed by atoms with Crippen LogP contribution in [0.25, 0.3) is 0 Å². The predicted octanol–water partition coefficient (Wildman–Crippen LogP) is 2.80. The lowest BCUT2D eigenvalue weighted by atomic mass is 9.98. The van der Waals surface area contributed by atoms with Crippen molar-refractivity contribution in [3.63, 3.8) is 0 Å². The van der Waals surface area contributed by atoms with Crippen molar-refractivity contribution >= 4 is 0 Å². The Morgan fingerprint density at radius 1 is 0.857 bits per heavy atom. The summed E-state index contributed by atoms with van der Waals surface area (Å²) < 4.78 is 16.0. The van der Waals surface area contributed by atoms with E-state index in [1.165, 1.54) is 0 Å². The molecule has 0 saturated carbocycles. The summed E-state index contributed by atoms with van der Waals surface area (Å²) in [6, 6.07) is 11.4. The summed E-state index contributed by atoms with van der Waals surface area (Å²) in [5.41, 5.74) is 2.80. The molecule has 4 heteroatoms. The van der Waals surface area contributed by atoms with Crippen LogP contribution in [0.1, 0.15) is 16.7 Å². The minimum Gasteiger partial charge on any atom is -0.497 e. The predicted molar refractivity (Wildman–Crippen MR) is 81.3 cm³/mol. The highest BCUT2D eigenvalue weighted by atomic mass is 16.5. The third-order valence-corrected chi connectivity index (χ3v) is 3.48. The van der Waals surface area contributed by atoms with Gasteiger partial charge < -0.3 is 19.3 Å². The zero-order chi connectivity index (χ0) is 15.2. The lowest BCUT2D eigenvalue weighted by molar-refractivity contribution is 0.272. The number of aliphatic hydroxyl groups is 1. The van der Waals surface area contributed by atoms with E-state index >= 15 is 0 Å².